The van der Waals surface area contributed by atoms with Crippen molar-refractivity contribution in [3.8, 4) is 0 Å². The Hall–Kier alpha value is -0.310. The average Bonchev–Trinajstić information content (AvgIpc) is 1.96. The largest absolute Gasteiger partial charge is 0.301 e. The van der Waals surface area contributed by atoms with Gasteiger partial charge in [0.1, 0.15) is 0 Å². The molecule has 0 spiro atoms. The van der Waals surface area contributed by atoms with Gasteiger partial charge in [0.15, 0.2) is 0 Å². The van der Waals surface area contributed by atoms with Crippen LogP contribution in [0.4, 0.5) is 0 Å². The third-order valence-electron chi connectivity index (χ3n) is 0.236. The van der Waals surface area contributed by atoms with Crippen molar-refractivity contribution in [3.05, 3.63) is 0 Å². The van der Waals surface area contributed by atoms with E-state index in [9.17, 15) is 0 Å². The summed E-state index contributed by atoms with van der Waals surface area (Å²) in [4.78, 5) is 0. The van der Waals surface area contributed by atoms with Crippen LogP contribution in [0.15, 0.2) is 0 Å². The summed E-state index contributed by atoms with van der Waals surface area (Å²) >= 11 is 1.11. The summed E-state index contributed by atoms with van der Waals surface area (Å²) in [6.45, 7) is 9.65. The number of thioether (sulfide) groups is 1. The Morgan fingerprint density at radius 1 is 1.20 bits per heavy atom. The molecule has 0 amide bonds. The van der Waals surface area contributed by atoms with Gasteiger partial charge in [0.25, 0.3) is 0 Å². The van der Waals surface area contributed by atoms with Gasteiger partial charge in [-0.1, -0.05) is 39.5 Å². The predicted molar refractivity (Wildman–Crippen MR) is 52.5 cm³/mol. The second kappa shape index (κ2) is 23.4. The fourth-order valence-electron chi connectivity index (χ4n) is 0.0884. The lowest BCUT2D eigenvalue weighted by molar-refractivity contribution is 1.50. The van der Waals surface area contributed by atoms with Gasteiger partial charge in [-0.25, -0.2) is 0 Å². The Bertz CT molecular complexity index is 72.0. The topological polar surface area (TPSA) is 47.7 Å². The molecule has 0 unspecified atom stereocenters. The van der Waals surface area contributed by atoms with Gasteiger partial charge < -0.3 is 5.41 Å². The van der Waals surface area contributed by atoms with Crippen LogP contribution in [-0.2, 0) is 0 Å². The maximum absolute atomic E-state index is 6.71. The van der Waals surface area contributed by atoms with Crippen LogP contribution in [0.2, 0.25) is 0 Å². The van der Waals surface area contributed by atoms with E-state index < -0.39 is 0 Å². The Balaban J connectivity index is -0.000000105. The van der Waals surface area contributed by atoms with Crippen molar-refractivity contribution in [3.63, 3.8) is 0 Å². The third kappa shape index (κ3) is 47.6. The molecule has 0 atom stereocenters. The summed E-state index contributed by atoms with van der Waals surface area (Å²) in [5.74, 6) is 0. The first-order valence-electron chi connectivity index (χ1n) is 3.48. The van der Waals surface area contributed by atoms with Crippen LogP contribution in [0.25, 0.3) is 0 Å². The van der Waals surface area contributed by atoms with E-state index >= 15 is 0 Å². The highest BCUT2D eigenvalue weighted by Gasteiger charge is 1.76. The van der Waals surface area contributed by atoms with E-state index in [2.05, 4.69) is 0 Å². The highest BCUT2D eigenvalue weighted by molar-refractivity contribution is 8.24. The van der Waals surface area contributed by atoms with Crippen LogP contribution in [0.5, 0.6) is 0 Å². The molecule has 2 N–H and O–H groups in total. The highest BCUT2D eigenvalue weighted by atomic mass is 32.2. The van der Waals surface area contributed by atoms with Crippen molar-refractivity contribution < 1.29 is 0 Å². The van der Waals surface area contributed by atoms with Crippen LogP contribution in [0, 0.1) is 10.8 Å². The smallest absolute Gasteiger partial charge is 0.0667 e. The lowest BCUT2D eigenvalue weighted by Gasteiger charge is -1.78. The quantitative estimate of drug-likeness (QED) is 0.450. The molecule has 0 rings (SSSR count). The van der Waals surface area contributed by atoms with Crippen molar-refractivity contribution in [1.82, 2.24) is 0 Å². The van der Waals surface area contributed by atoms with E-state index in [-0.39, 0.29) is 0 Å². The summed E-state index contributed by atoms with van der Waals surface area (Å²) in [7, 11) is 0. The van der Waals surface area contributed by atoms with E-state index in [1.54, 1.807) is 6.92 Å². The molecule has 0 aromatic rings. The molecule has 2 nitrogen and oxygen atoms in total. The minimum Gasteiger partial charge on any atom is -0.301 e. The fraction of sp³-hybridized carbons (Fsp3) is 0.714. The lowest BCUT2D eigenvalue weighted by Crippen LogP contribution is -1.73. The molecule has 0 aromatic carbocycles. The van der Waals surface area contributed by atoms with Gasteiger partial charge in [-0.3, -0.25) is 5.41 Å². The number of rotatable bonds is 1. The molecule has 0 radical (unpaired) electrons. The number of hydrogen-bond donors (Lipinski definition) is 2. The van der Waals surface area contributed by atoms with Gasteiger partial charge in [0.05, 0.1) is 10.6 Å². The molecular weight excluding hydrogens is 144 g/mol. The Kier molecular flexibility index (Phi) is 38.2. The molecular formula is C7H18N2S. The zero-order valence-corrected chi connectivity index (χ0v) is 8.30. The van der Waals surface area contributed by atoms with Crippen LogP contribution in [0.1, 0.15) is 34.6 Å². The highest BCUT2D eigenvalue weighted by Crippen LogP contribution is 1.91. The van der Waals surface area contributed by atoms with Gasteiger partial charge in [0.2, 0.25) is 0 Å². The summed E-state index contributed by atoms with van der Waals surface area (Å²) in [6.07, 6.45) is 0. The van der Waals surface area contributed by atoms with Crippen molar-refractivity contribution in [1.29, 1.82) is 10.8 Å². The summed E-state index contributed by atoms with van der Waals surface area (Å²) in [6, 6.07) is 0. The average molecular weight is 162 g/mol. The van der Waals surface area contributed by atoms with E-state index in [0.29, 0.717) is 5.04 Å². The minimum atomic E-state index is 0.463. The van der Waals surface area contributed by atoms with E-state index in [1.807, 2.05) is 27.7 Å². The van der Waals surface area contributed by atoms with Gasteiger partial charge in [0, 0.05) is 0 Å². The second-order valence-corrected chi connectivity index (χ2v) is 1.88. The molecule has 0 saturated carbocycles. The second-order valence-electron chi connectivity index (χ2n) is 0.792. The van der Waals surface area contributed by atoms with Crippen molar-refractivity contribution in [2.24, 2.45) is 0 Å². The van der Waals surface area contributed by atoms with Gasteiger partial charge in [-0.05, 0) is 6.92 Å². The minimum absolute atomic E-state index is 0.463. The molecule has 0 aliphatic rings. The SMILES string of the molecule is CC.CC.CC(=N)SC=N. The monoisotopic (exact) mass is 162 g/mol. The van der Waals surface area contributed by atoms with Crippen molar-refractivity contribution in [2.75, 3.05) is 0 Å². The summed E-state index contributed by atoms with van der Waals surface area (Å²) in [5.41, 5.74) is 1.14. The van der Waals surface area contributed by atoms with Crippen molar-refractivity contribution in [2.45, 2.75) is 34.6 Å². The van der Waals surface area contributed by atoms with Gasteiger partial charge >= 0.3 is 0 Å². The van der Waals surface area contributed by atoms with Gasteiger partial charge in [-0.15, -0.1) is 0 Å². The Morgan fingerprint density at radius 2 is 1.50 bits per heavy atom. The Morgan fingerprint density at radius 3 is 1.50 bits per heavy atom. The molecule has 62 valence electrons. The molecule has 10 heavy (non-hydrogen) atoms. The van der Waals surface area contributed by atoms with E-state index in [4.69, 9.17) is 10.8 Å². The molecule has 0 fully saturated rings. The normalized spacial score (nSPS) is 5.70. The first-order valence-corrected chi connectivity index (χ1v) is 4.36. The number of nitrogens with one attached hydrogen (secondary N) is 2. The van der Waals surface area contributed by atoms with Crippen LogP contribution < -0.4 is 0 Å². The molecule has 0 bridgehead atoms. The summed E-state index contributed by atoms with van der Waals surface area (Å²) < 4.78 is 0. The molecule has 3 heteroatoms. The standard InChI is InChI=1S/C3H6N2S.2C2H6/c1-3(5)6-2-4;2*1-2/h2,4-5H,1H3;2*1-2H3. The zero-order chi connectivity index (χ0) is 8.99. The first-order chi connectivity index (χ1) is 4.77. The lowest BCUT2D eigenvalue weighted by atomic mass is 10.9. The Labute approximate surface area is 68.4 Å². The number of hydrogen-bond acceptors (Lipinski definition) is 3. The molecule has 0 heterocycles. The van der Waals surface area contributed by atoms with Crippen LogP contribution >= 0.6 is 11.8 Å². The molecule has 0 aliphatic heterocycles. The van der Waals surface area contributed by atoms with Crippen LogP contribution in [0.3, 0.4) is 0 Å². The van der Waals surface area contributed by atoms with E-state index in [1.165, 1.54) is 0 Å². The first kappa shape index (κ1) is 16.3. The van der Waals surface area contributed by atoms with Crippen molar-refractivity contribution >= 4 is 22.4 Å². The summed E-state index contributed by atoms with van der Waals surface area (Å²) in [5, 5.41) is 13.6. The fourth-order valence-corrected chi connectivity index (χ4v) is 0.265. The third-order valence-corrected chi connectivity index (χ3v) is 0.707. The predicted octanol–water partition coefficient (Wildman–Crippen LogP) is 3.38. The maximum Gasteiger partial charge on any atom is 0.0667 e. The zero-order valence-electron chi connectivity index (χ0n) is 7.49. The molecule has 0 aromatic heterocycles. The molecule has 0 aliphatic carbocycles. The van der Waals surface area contributed by atoms with Gasteiger partial charge in [-0.2, -0.15) is 0 Å². The molecule has 0 saturated heterocycles. The maximum atomic E-state index is 6.71. The van der Waals surface area contributed by atoms with Crippen LogP contribution in [-0.4, -0.2) is 10.6 Å². The van der Waals surface area contributed by atoms with E-state index in [0.717, 1.165) is 17.3 Å².